The third-order valence-electron chi connectivity index (χ3n) is 5.38. The predicted octanol–water partition coefficient (Wildman–Crippen LogP) is 2.22. The largest absolute Gasteiger partial charge is 0.367 e. The van der Waals surface area contributed by atoms with Crippen LogP contribution in [-0.4, -0.2) is 43.2 Å². The zero-order valence-electron chi connectivity index (χ0n) is 12.2. The van der Waals surface area contributed by atoms with Gasteiger partial charge in [-0.25, -0.2) is 0 Å². The third-order valence-corrected chi connectivity index (χ3v) is 5.38. The van der Waals surface area contributed by atoms with Crippen LogP contribution < -0.4 is 10.2 Å². The molecule has 4 rings (SSSR count). The molecule has 0 spiro atoms. The van der Waals surface area contributed by atoms with Crippen molar-refractivity contribution in [2.75, 3.05) is 31.1 Å². The van der Waals surface area contributed by atoms with Crippen LogP contribution in [0.4, 0.5) is 5.69 Å². The van der Waals surface area contributed by atoms with Crippen LogP contribution in [0.5, 0.6) is 0 Å². The van der Waals surface area contributed by atoms with Crippen molar-refractivity contribution in [2.24, 2.45) is 0 Å². The molecule has 3 heteroatoms. The summed E-state index contributed by atoms with van der Waals surface area (Å²) in [6.07, 6.45) is 5.54. The standard InChI is InChI=1S/C17H25N3/c1-2-6-17-14(4-1)13-18-8-11-20(17)16-7-10-19-9-3-5-15(19)12-16/h1-2,4,6,15-16,18H,3,5,7-13H2. The van der Waals surface area contributed by atoms with Gasteiger partial charge in [0.1, 0.15) is 0 Å². The Kier molecular flexibility index (Phi) is 3.41. The summed E-state index contributed by atoms with van der Waals surface area (Å²) >= 11 is 0. The highest BCUT2D eigenvalue weighted by atomic mass is 15.2. The molecule has 1 aromatic rings. The van der Waals surface area contributed by atoms with E-state index in [-0.39, 0.29) is 0 Å². The van der Waals surface area contributed by atoms with Crippen LogP contribution in [-0.2, 0) is 6.54 Å². The van der Waals surface area contributed by atoms with Gasteiger partial charge in [-0.3, -0.25) is 0 Å². The van der Waals surface area contributed by atoms with Gasteiger partial charge < -0.3 is 15.1 Å². The first kappa shape index (κ1) is 12.7. The lowest BCUT2D eigenvalue weighted by molar-refractivity contribution is 0.178. The summed E-state index contributed by atoms with van der Waals surface area (Å²) in [7, 11) is 0. The van der Waals surface area contributed by atoms with E-state index in [9.17, 15) is 0 Å². The van der Waals surface area contributed by atoms with Gasteiger partial charge >= 0.3 is 0 Å². The molecule has 3 heterocycles. The van der Waals surface area contributed by atoms with Crippen molar-refractivity contribution in [1.82, 2.24) is 10.2 Å². The molecule has 0 aromatic heterocycles. The molecule has 2 unspecified atom stereocenters. The lowest BCUT2D eigenvalue weighted by atomic mass is 9.95. The molecule has 2 saturated heterocycles. The highest BCUT2D eigenvalue weighted by Crippen LogP contribution is 2.33. The SMILES string of the molecule is c1ccc2c(c1)CNCCN2C1CCN2CCCC2C1. The van der Waals surface area contributed by atoms with Crippen molar-refractivity contribution < 1.29 is 0 Å². The van der Waals surface area contributed by atoms with Crippen molar-refractivity contribution in [3.63, 3.8) is 0 Å². The van der Waals surface area contributed by atoms with Crippen molar-refractivity contribution >= 4 is 5.69 Å². The van der Waals surface area contributed by atoms with Gasteiger partial charge in [0.25, 0.3) is 0 Å². The summed E-state index contributed by atoms with van der Waals surface area (Å²) in [5, 5.41) is 3.57. The molecule has 2 fully saturated rings. The lowest BCUT2D eigenvalue weighted by Crippen LogP contribution is -2.48. The fraction of sp³-hybridized carbons (Fsp3) is 0.647. The molecule has 2 atom stereocenters. The minimum atomic E-state index is 0.746. The molecule has 3 aliphatic heterocycles. The van der Waals surface area contributed by atoms with E-state index in [1.807, 2.05) is 0 Å². The van der Waals surface area contributed by atoms with E-state index < -0.39 is 0 Å². The highest BCUT2D eigenvalue weighted by molar-refractivity contribution is 5.55. The maximum atomic E-state index is 3.57. The quantitative estimate of drug-likeness (QED) is 0.845. The minimum Gasteiger partial charge on any atom is -0.367 e. The van der Waals surface area contributed by atoms with Gasteiger partial charge in [-0.15, -0.1) is 0 Å². The van der Waals surface area contributed by atoms with Gasteiger partial charge in [0, 0.05) is 44.0 Å². The number of nitrogens with zero attached hydrogens (tertiary/aromatic N) is 2. The zero-order valence-corrected chi connectivity index (χ0v) is 12.2. The van der Waals surface area contributed by atoms with Crippen molar-refractivity contribution in [3.8, 4) is 0 Å². The molecule has 0 aliphatic carbocycles. The first-order valence-corrected chi connectivity index (χ1v) is 8.21. The molecule has 0 saturated carbocycles. The van der Waals surface area contributed by atoms with Crippen LogP contribution in [0, 0.1) is 0 Å². The Morgan fingerprint density at radius 1 is 1.00 bits per heavy atom. The van der Waals surface area contributed by atoms with Gasteiger partial charge in [-0.1, -0.05) is 18.2 Å². The molecule has 3 aliphatic rings. The average Bonchev–Trinajstić information content (AvgIpc) is 2.85. The second-order valence-corrected chi connectivity index (χ2v) is 6.51. The van der Waals surface area contributed by atoms with E-state index in [0.29, 0.717) is 0 Å². The summed E-state index contributed by atoms with van der Waals surface area (Å²) in [6.45, 7) is 5.94. The lowest BCUT2D eigenvalue weighted by Gasteiger charge is -2.42. The summed E-state index contributed by atoms with van der Waals surface area (Å²) in [5.41, 5.74) is 2.95. The Balaban J connectivity index is 1.58. The second-order valence-electron chi connectivity index (χ2n) is 6.51. The van der Waals surface area contributed by atoms with Crippen LogP contribution in [0.1, 0.15) is 31.2 Å². The van der Waals surface area contributed by atoms with E-state index in [2.05, 4.69) is 39.4 Å². The number of para-hydroxylation sites is 1. The monoisotopic (exact) mass is 271 g/mol. The Morgan fingerprint density at radius 3 is 2.95 bits per heavy atom. The smallest absolute Gasteiger partial charge is 0.0414 e. The van der Waals surface area contributed by atoms with E-state index in [1.165, 1.54) is 50.0 Å². The first-order valence-electron chi connectivity index (χ1n) is 8.21. The molecule has 0 radical (unpaired) electrons. The second kappa shape index (κ2) is 5.38. The molecule has 0 amide bonds. The Hall–Kier alpha value is -1.06. The fourth-order valence-corrected chi connectivity index (χ4v) is 4.35. The number of benzene rings is 1. The summed E-state index contributed by atoms with van der Waals surface area (Å²) in [5.74, 6) is 0. The Morgan fingerprint density at radius 2 is 1.95 bits per heavy atom. The van der Waals surface area contributed by atoms with Gasteiger partial charge in [0.05, 0.1) is 0 Å². The molecule has 108 valence electrons. The Bertz CT molecular complexity index is 473. The third kappa shape index (κ3) is 2.23. The van der Waals surface area contributed by atoms with E-state index in [4.69, 9.17) is 0 Å². The summed E-state index contributed by atoms with van der Waals surface area (Å²) in [6, 6.07) is 10.6. The number of fused-ring (bicyclic) bond motifs is 2. The number of rotatable bonds is 1. The van der Waals surface area contributed by atoms with E-state index in [1.54, 1.807) is 0 Å². The maximum Gasteiger partial charge on any atom is 0.0414 e. The number of hydrogen-bond donors (Lipinski definition) is 1. The van der Waals surface area contributed by atoms with Crippen molar-refractivity contribution in [1.29, 1.82) is 0 Å². The highest BCUT2D eigenvalue weighted by Gasteiger charge is 2.34. The first-order chi connectivity index (χ1) is 9.92. The molecule has 1 N–H and O–H groups in total. The molecule has 0 bridgehead atoms. The number of nitrogens with one attached hydrogen (secondary N) is 1. The van der Waals surface area contributed by atoms with Crippen LogP contribution in [0.15, 0.2) is 24.3 Å². The molecular weight excluding hydrogens is 246 g/mol. The van der Waals surface area contributed by atoms with Crippen molar-refractivity contribution in [2.45, 2.75) is 44.3 Å². The van der Waals surface area contributed by atoms with Gasteiger partial charge in [-0.2, -0.15) is 0 Å². The normalized spacial score (nSPS) is 30.7. The van der Waals surface area contributed by atoms with Crippen LogP contribution >= 0.6 is 0 Å². The summed E-state index contributed by atoms with van der Waals surface area (Å²) < 4.78 is 0. The number of hydrogen-bond acceptors (Lipinski definition) is 3. The van der Waals surface area contributed by atoms with Crippen LogP contribution in [0.25, 0.3) is 0 Å². The molecule has 20 heavy (non-hydrogen) atoms. The molecule has 3 nitrogen and oxygen atoms in total. The Labute approximate surface area is 121 Å². The molecule has 1 aromatic carbocycles. The summed E-state index contributed by atoms with van der Waals surface area (Å²) in [4.78, 5) is 5.42. The topological polar surface area (TPSA) is 18.5 Å². The van der Waals surface area contributed by atoms with Crippen molar-refractivity contribution in [3.05, 3.63) is 29.8 Å². The van der Waals surface area contributed by atoms with Gasteiger partial charge in [-0.05, 0) is 43.9 Å². The van der Waals surface area contributed by atoms with Crippen LogP contribution in [0.3, 0.4) is 0 Å². The van der Waals surface area contributed by atoms with Gasteiger partial charge in [0.15, 0.2) is 0 Å². The fourth-order valence-electron chi connectivity index (χ4n) is 4.35. The average molecular weight is 271 g/mol. The number of anilines is 1. The molecular formula is C17H25N3. The minimum absolute atomic E-state index is 0.746. The maximum absolute atomic E-state index is 3.57. The number of piperidine rings is 1. The van der Waals surface area contributed by atoms with Crippen LogP contribution in [0.2, 0.25) is 0 Å². The predicted molar refractivity (Wildman–Crippen MR) is 83.1 cm³/mol. The van der Waals surface area contributed by atoms with E-state index >= 15 is 0 Å². The van der Waals surface area contributed by atoms with Gasteiger partial charge in [0.2, 0.25) is 0 Å². The zero-order chi connectivity index (χ0) is 13.4. The van der Waals surface area contributed by atoms with E-state index in [0.717, 1.165) is 31.7 Å².